The Morgan fingerprint density at radius 3 is 2.44 bits per heavy atom. The second kappa shape index (κ2) is 7.29. The van der Waals surface area contributed by atoms with Gasteiger partial charge in [-0.05, 0) is 39.5 Å². The van der Waals surface area contributed by atoms with Crippen LogP contribution in [0, 0.1) is 17.8 Å². The normalized spacial score (nSPS) is 24.4. The molecular weight excluding hydrogens is 204 g/mol. The number of carbonyl (C=O) groups is 1. The maximum Gasteiger partial charge on any atom is 0.384 e. The molecule has 3 nitrogen and oxygen atoms in total. The summed E-state index contributed by atoms with van der Waals surface area (Å²) in [4.78, 5) is 11.0. The number of hydrogen-bond acceptors (Lipinski definition) is 3. The van der Waals surface area contributed by atoms with Gasteiger partial charge in [-0.2, -0.15) is 0 Å². The average Bonchev–Trinajstić information content (AvgIpc) is 2.29. The molecule has 0 N–H and O–H groups in total. The third-order valence-corrected chi connectivity index (χ3v) is 2.73. The fraction of sp³-hybridized carbons (Fsp3) is 0.769. The smallest absolute Gasteiger partial charge is 0.384 e. The van der Waals surface area contributed by atoms with Gasteiger partial charge in [-0.3, -0.25) is 0 Å². The number of esters is 1. The molecule has 1 aliphatic rings. The fourth-order valence-corrected chi connectivity index (χ4v) is 1.94. The van der Waals surface area contributed by atoms with E-state index >= 15 is 0 Å². The van der Waals surface area contributed by atoms with Crippen LogP contribution in [-0.2, 0) is 14.3 Å². The highest BCUT2D eigenvalue weighted by Gasteiger charge is 2.19. The molecule has 0 radical (unpaired) electrons. The van der Waals surface area contributed by atoms with Crippen LogP contribution < -0.4 is 0 Å². The standard InChI is InChI=1S/C13H20O3/c1-3-15-12-8-5-11(6-9-12)7-10-13(14)16-4-2/h11-12H,3-6,8-9H2,1-2H3. The van der Waals surface area contributed by atoms with Crippen molar-refractivity contribution in [3.05, 3.63) is 0 Å². The van der Waals surface area contributed by atoms with Crippen LogP contribution in [0.25, 0.3) is 0 Å². The van der Waals surface area contributed by atoms with E-state index in [-0.39, 0.29) is 0 Å². The van der Waals surface area contributed by atoms with E-state index in [1.54, 1.807) is 6.92 Å². The summed E-state index contributed by atoms with van der Waals surface area (Å²) in [7, 11) is 0. The monoisotopic (exact) mass is 224 g/mol. The number of hydrogen-bond donors (Lipinski definition) is 0. The molecule has 0 heterocycles. The molecule has 0 aliphatic heterocycles. The van der Waals surface area contributed by atoms with Gasteiger partial charge < -0.3 is 9.47 Å². The van der Waals surface area contributed by atoms with Crippen molar-refractivity contribution in [2.45, 2.75) is 45.6 Å². The number of carbonyl (C=O) groups excluding carboxylic acids is 1. The van der Waals surface area contributed by atoms with E-state index in [1.807, 2.05) is 6.92 Å². The van der Waals surface area contributed by atoms with E-state index < -0.39 is 5.97 Å². The van der Waals surface area contributed by atoms with Crippen molar-refractivity contribution in [3.63, 3.8) is 0 Å². The van der Waals surface area contributed by atoms with Gasteiger partial charge in [0.05, 0.1) is 12.7 Å². The molecule has 0 unspecified atom stereocenters. The van der Waals surface area contributed by atoms with Gasteiger partial charge in [0.2, 0.25) is 0 Å². The molecule has 0 bridgehead atoms. The highest BCUT2D eigenvalue weighted by Crippen LogP contribution is 2.25. The summed E-state index contributed by atoms with van der Waals surface area (Å²) in [5.41, 5.74) is 0. The second-order valence-corrected chi connectivity index (χ2v) is 3.92. The number of ether oxygens (including phenoxy) is 2. The molecule has 0 aromatic heterocycles. The maximum absolute atomic E-state index is 11.0. The van der Waals surface area contributed by atoms with Crippen molar-refractivity contribution in [2.24, 2.45) is 5.92 Å². The minimum Gasteiger partial charge on any atom is -0.456 e. The van der Waals surface area contributed by atoms with E-state index in [2.05, 4.69) is 11.8 Å². The Morgan fingerprint density at radius 2 is 1.88 bits per heavy atom. The highest BCUT2D eigenvalue weighted by atomic mass is 16.5. The van der Waals surface area contributed by atoms with Gasteiger partial charge in [0.1, 0.15) is 0 Å². The molecule has 1 saturated carbocycles. The molecule has 0 atom stereocenters. The van der Waals surface area contributed by atoms with Crippen LogP contribution in [-0.4, -0.2) is 25.3 Å². The summed E-state index contributed by atoms with van der Waals surface area (Å²) in [5.74, 6) is 5.46. The second-order valence-electron chi connectivity index (χ2n) is 3.92. The molecule has 0 aromatic rings. The van der Waals surface area contributed by atoms with Crippen molar-refractivity contribution in [1.82, 2.24) is 0 Å². The summed E-state index contributed by atoms with van der Waals surface area (Å²) in [6, 6.07) is 0. The minimum absolute atomic E-state index is 0.334. The minimum atomic E-state index is -0.408. The van der Waals surface area contributed by atoms with Crippen LogP contribution in [0.3, 0.4) is 0 Å². The average molecular weight is 224 g/mol. The van der Waals surface area contributed by atoms with E-state index in [9.17, 15) is 4.79 Å². The van der Waals surface area contributed by atoms with Gasteiger partial charge in [-0.15, -0.1) is 0 Å². The van der Waals surface area contributed by atoms with Gasteiger partial charge in [0.15, 0.2) is 0 Å². The molecule has 1 rings (SSSR count). The Bertz CT molecular complexity index is 267. The van der Waals surface area contributed by atoms with Crippen molar-refractivity contribution in [1.29, 1.82) is 0 Å². The van der Waals surface area contributed by atoms with Gasteiger partial charge in [0, 0.05) is 18.4 Å². The predicted octanol–water partition coefficient (Wildman–Crippen LogP) is 2.15. The molecule has 16 heavy (non-hydrogen) atoms. The van der Waals surface area contributed by atoms with E-state index in [0.29, 0.717) is 18.6 Å². The van der Waals surface area contributed by atoms with E-state index in [1.165, 1.54) is 0 Å². The zero-order chi connectivity index (χ0) is 11.8. The quantitative estimate of drug-likeness (QED) is 0.418. The lowest BCUT2D eigenvalue weighted by molar-refractivity contribution is -0.136. The Hall–Kier alpha value is -1.01. The van der Waals surface area contributed by atoms with Crippen LogP contribution in [0.4, 0.5) is 0 Å². The van der Waals surface area contributed by atoms with Gasteiger partial charge in [-0.25, -0.2) is 4.79 Å². The van der Waals surface area contributed by atoms with Crippen LogP contribution >= 0.6 is 0 Å². The van der Waals surface area contributed by atoms with Crippen LogP contribution in [0.15, 0.2) is 0 Å². The summed E-state index contributed by atoms with van der Waals surface area (Å²) in [5, 5.41) is 0. The van der Waals surface area contributed by atoms with Crippen LogP contribution in [0.1, 0.15) is 39.5 Å². The molecule has 0 amide bonds. The molecule has 1 aliphatic carbocycles. The first-order chi connectivity index (χ1) is 7.76. The number of rotatable bonds is 3. The molecule has 0 aromatic carbocycles. The van der Waals surface area contributed by atoms with Crippen molar-refractivity contribution in [2.75, 3.05) is 13.2 Å². The summed E-state index contributed by atoms with van der Waals surface area (Å²) >= 11 is 0. The van der Waals surface area contributed by atoms with E-state index in [0.717, 1.165) is 32.3 Å². The molecule has 1 fully saturated rings. The van der Waals surface area contributed by atoms with Gasteiger partial charge in [0.25, 0.3) is 0 Å². The zero-order valence-electron chi connectivity index (χ0n) is 10.1. The largest absolute Gasteiger partial charge is 0.456 e. The Morgan fingerprint density at radius 1 is 1.19 bits per heavy atom. The maximum atomic E-state index is 11.0. The first-order valence-electron chi connectivity index (χ1n) is 6.06. The van der Waals surface area contributed by atoms with Crippen LogP contribution in [0.2, 0.25) is 0 Å². The Kier molecular flexibility index (Phi) is 5.95. The third-order valence-electron chi connectivity index (χ3n) is 2.73. The van der Waals surface area contributed by atoms with E-state index in [4.69, 9.17) is 9.47 Å². The van der Waals surface area contributed by atoms with Crippen molar-refractivity contribution in [3.8, 4) is 11.8 Å². The third kappa shape index (κ3) is 4.67. The lowest BCUT2D eigenvalue weighted by Crippen LogP contribution is -2.21. The van der Waals surface area contributed by atoms with Crippen molar-refractivity contribution < 1.29 is 14.3 Å². The van der Waals surface area contributed by atoms with Crippen LogP contribution in [0.5, 0.6) is 0 Å². The Labute approximate surface area is 97.5 Å². The molecule has 90 valence electrons. The van der Waals surface area contributed by atoms with Gasteiger partial charge >= 0.3 is 5.97 Å². The predicted molar refractivity (Wildman–Crippen MR) is 61.8 cm³/mol. The lowest BCUT2D eigenvalue weighted by Gasteiger charge is -2.25. The first kappa shape index (κ1) is 13.1. The first-order valence-corrected chi connectivity index (χ1v) is 6.06. The molecule has 3 heteroatoms. The highest BCUT2D eigenvalue weighted by molar-refractivity contribution is 5.88. The van der Waals surface area contributed by atoms with Crippen molar-refractivity contribution >= 4 is 5.97 Å². The topological polar surface area (TPSA) is 35.5 Å². The zero-order valence-corrected chi connectivity index (χ0v) is 10.1. The lowest BCUT2D eigenvalue weighted by atomic mass is 9.88. The Balaban J connectivity index is 2.28. The SMILES string of the molecule is CCOC(=O)C#CC1CCC(OCC)CC1. The summed E-state index contributed by atoms with van der Waals surface area (Å²) in [6.07, 6.45) is 4.55. The molecule has 0 saturated heterocycles. The fourth-order valence-electron chi connectivity index (χ4n) is 1.94. The summed E-state index contributed by atoms with van der Waals surface area (Å²) in [6.45, 7) is 4.98. The van der Waals surface area contributed by atoms with Gasteiger partial charge in [-0.1, -0.05) is 5.92 Å². The molecule has 0 spiro atoms. The molecular formula is C13H20O3. The summed E-state index contributed by atoms with van der Waals surface area (Å²) < 4.78 is 10.3.